The molecular formula is C24H26ClF3N4O4. The number of aromatic nitrogens is 1. The van der Waals surface area contributed by atoms with Gasteiger partial charge < -0.3 is 15.2 Å². The SMILES string of the molecule is C[C@H]1C[C@@H](N2C(=N)N[C@](C)(c3cccc(-c4cccnc4)c3Cl)CC2=O)CCO1.O=C(O)C(F)(F)F. The molecule has 3 atom stereocenters. The van der Waals surface area contributed by atoms with Crippen LogP contribution in [0.1, 0.15) is 38.7 Å². The van der Waals surface area contributed by atoms with Gasteiger partial charge in [-0.1, -0.05) is 35.9 Å². The van der Waals surface area contributed by atoms with Gasteiger partial charge in [0, 0.05) is 36.2 Å². The van der Waals surface area contributed by atoms with Gasteiger partial charge in [-0.3, -0.25) is 20.1 Å². The van der Waals surface area contributed by atoms with E-state index in [2.05, 4.69) is 10.3 Å². The highest BCUT2D eigenvalue weighted by atomic mass is 35.5. The van der Waals surface area contributed by atoms with Crippen LogP contribution in [0, 0.1) is 5.41 Å². The first kappa shape index (κ1) is 27.4. The third-order valence-electron chi connectivity index (χ3n) is 6.04. The first-order valence-electron chi connectivity index (χ1n) is 11.1. The summed E-state index contributed by atoms with van der Waals surface area (Å²) in [5.41, 5.74) is 1.83. The summed E-state index contributed by atoms with van der Waals surface area (Å²) >= 11 is 6.79. The molecule has 0 bridgehead atoms. The van der Waals surface area contributed by atoms with Gasteiger partial charge in [-0.25, -0.2) is 4.79 Å². The fourth-order valence-corrected chi connectivity index (χ4v) is 4.78. The van der Waals surface area contributed by atoms with Crippen LogP contribution in [-0.2, 0) is 19.9 Å². The summed E-state index contributed by atoms with van der Waals surface area (Å²) in [4.78, 5) is 27.8. The fraction of sp³-hybridized carbons (Fsp3) is 0.417. The van der Waals surface area contributed by atoms with Crippen LogP contribution in [0.4, 0.5) is 13.2 Å². The van der Waals surface area contributed by atoms with Gasteiger partial charge >= 0.3 is 12.1 Å². The molecule has 0 spiro atoms. The molecule has 0 saturated carbocycles. The van der Waals surface area contributed by atoms with Crippen molar-refractivity contribution in [1.82, 2.24) is 15.2 Å². The molecule has 0 radical (unpaired) electrons. The van der Waals surface area contributed by atoms with E-state index in [1.165, 1.54) is 0 Å². The molecule has 3 N–H and O–H groups in total. The minimum atomic E-state index is -5.08. The number of hydrogen-bond acceptors (Lipinski definition) is 5. The molecule has 3 heterocycles. The van der Waals surface area contributed by atoms with Crippen molar-refractivity contribution < 1.29 is 32.6 Å². The standard InChI is InChI=1S/C22H25ClN4O2.C2HF3O2/c1-14-11-16(8-10-29-14)27-19(28)12-22(2,26-21(27)24)18-7-3-6-17(20(18)23)15-5-4-9-25-13-15;3-2(4,5)1(6)7/h3-7,9,13-14,16H,8,10-12H2,1-2H3,(H2,24,26);(H,6,7)/t14-,16-,22-;/m0./s1. The van der Waals surface area contributed by atoms with Crippen LogP contribution in [0.3, 0.4) is 0 Å². The molecule has 194 valence electrons. The van der Waals surface area contributed by atoms with Gasteiger partial charge in [0.05, 0.1) is 23.1 Å². The van der Waals surface area contributed by atoms with Crippen LogP contribution in [0.2, 0.25) is 5.02 Å². The Kier molecular flexibility index (Phi) is 8.25. The van der Waals surface area contributed by atoms with Crippen LogP contribution in [0.25, 0.3) is 11.1 Å². The highest BCUT2D eigenvalue weighted by Crippen LogP contribution is 2.39. The molecule has 1 aromatic heterocycles. The highest BCUT2D eigenvalue weighted by molar-refractivity contribution is 6.34. The van der Waals surface area contributed by atoms with Crippen LogP contribution in [-0.4, -0.2) is 57.8 Å². The third-order valence-corrected chi connectivity index (χ3v) is 6.45. The Labute approximate surface area is 210 Å². The predicted molar refractivity (Wildman–Crippen MR) is 126 cm³/mol. The number of amides is 1. The van der Waals surface area contributed by atoms with E-state index in [4.69, 9.17) is 31.6 Å². The predicted octanol–water partition coefficient (Wildman–Crippen LogP) is 4.57. The zero-order valence-corrected chi connectivity index (χ0v) is 20.4. The number of nitrogens with one attached hydrogen (secondary N) is 2. The van der Waals surface area contributed by atoms with Crippen molar-refractivity contribution in [2.75, 3.05) is 6.61 Å². The molecule has 36 heavy (non-hydrogen) atoms. The van der Waals surface area contributed by atoms with Crippen LogP contribution in [0.5, 0.6) is 0 Å². The number of rotatable bonds is 3. The van der Waals surface area contributed by atoms with E-state index in [0.29, 0.717) is 11.6 Å². The van der Waals surface area contributed by atoms with Crippen LogP contribution in [0.15, 0.2) is 42.7 Å². The van der Waals surface area contributed by atoms with E-state index < -0.39 is 17.7 Å². The number of nitrogens with zero attached hydrogens (tertiary/aromatic N) is 2. The van der Waals surface area contributed by atoms with E-state index in [-0.39, 0.29) is 30.4 Å². The molecule has 4 rings (SSSR count). The van der Waals surface area contributed by atoms with Crippen LogP contribution < -0.4 is 5.32 Å². The maximum Gasteiger partial charge on any atom is 0.490 e. The average Bonchev–Trinajstić information content (AvgIpc) is 2.79. The Hall–Kier alpha value is -3.18. The summed E-state index contributed by atoms with van der Waals surface area (Å²) in [5, 5.41) is 19.5. The van der Waals surface area contributed by atoms with Crippen molar-refractivity contribution in [2.24, 2.45) is 0 Å². The number of aliphatic carboxylic acids is 1. The molecule has 12 heteroatoms. The number of benzene rings is 1. The van der Waals surface area contributed by atoms with Crippen molar-refractivity contribution in [3.63, 3.8) is 0 Å². The summed E-state index contributed by atoms with van der Waals surface area (Å²) < 4.78 is 37.3. The molecule has 2 aliphatic rings. The fourth-order valence-electron chi connectivity index (χ4n) is 4.34. The topological polar surface area (TPSA) is 116 Å². The quantitative estimate of drug-likeness (QED) is 0.539. The van der Waals surface area contributed by atoms with Gasteiger partial charge in [-0.05, 0) is 38.3 Å². The average molecular weight is 527 g/mol. The first-order valence-corrected chi connectivity index (χ1v) is 11.5. The van der Waals surface area contributed by atoms with Gasteiger partial charge in [0.2, 0.25) is 5.91 Å². The zero-order chi connectivity index (χ0) is 26.7. The van der Waals surface area contributed by atoms with E-state index >= 15 is 0 Å². The first-order chi connectivity index (χ1) is 16.8. The Morgan fingerprint density at radius 2 is 2.03 bits per heavy atom. The van der Waals surface area contributed by atoms with E-state index in [0.717, 1.165) is 29.5 Å². The smallest absolute Gasteiger partial charge is 0.475 e. The number of carbonyl (C=O) groups is 2. The van der Waals surface area contributed by atoms with Gasteiger partial charge in [-0.15, -0.1) is 0 Å². The van der Waals surface area contributed by atoms with E-state index in [1.54, 1.807) is 17.3 Å². The van der Waals surface area contributed by atoms with E-state index in [9.17, 15) is 18.0 Å². The summed E-state index contributed by atoms with van der Waals surface area (Å²) in [6.07, 6.45) is 0.211. The molecule has 1 aromatic carbocycles. The maximum absolute atomic E-state index is 13.1. The lowest BCUT2D eigenvalue weighted by atomic mass is 9.84. The molecule has 1 amide bonds. The Morgan fingerprint density at radius 3 is 2.58 bits per heavy atom. The minimum absolute atomic E-state index is 0.00648. The van der Waals surface area contributed by atoms with Gasteiger partial charge in [-0.2, -0.15) is 13.2 Å². The molecule has 2 aliphatic heterocycles. The third kappa shape index (κ3) is 6.14. The highest BCUT2D eigenvalue weighted by Gasteiger charge is 2.44. The summed E-state index contributed by atoms with van der Waals surface area (Å²) in [6, 6.07) is 9.60. The second-order valence-corrected chi connectivity index (χ2v) is 9.20. The van der Waals surface area contributed by atoms with Crippen LogP contribution >= 0.6 is 11.6 Å². The number of pyridine rings is 1. The summed E-state index contributed by atoms with van der Waals surface area (Å²) in [6.45, 7) is 4.54. The van der Waals surface area contributed by atoms with Crippen molar-refractivity contribution >= 4 is 29.4 Å². The molecular weight excluding hydrogens is 501 g/mol. The monoisotopic (exact) mass is 526 g/mol. The zero-order valence-electron chi connectivity index (χ0n) is 19.6. The molecule has 0 unspecified atom stereocenters. The molecule has 2 saturated heterocycles. The van der Waals surface area contributed by atoms with Gasteiger partial charge in [0.1, 0.15) is 0 Å². The normalized spacial score (nSPS) is 24.4. The number of alkyl halides is 3. The van der Waals surface area contributed by atoms with Crippen molar-refractivity contribution in [3.8, 4) is 11.1 Å². The lowest BCUT2D eigenvalue weighted by molar-refractivity contribution is -0.192. The lowest BCUT2D eigenvalue weighted by Gasteiger charge is -2.45. The lowest BCUT2D eigenvalue weighted by Crippen LogP contribution is -2.63. The number of carboxylic acid groups (broad SMARTS) is 1. The molecule has 2 fully saturated rings. The molecule has 2 aromatic rings. The number of hydrogen-bond donors (Lipinski definition) is 3. The number of carbonyl (C=O) groups excluding carboxylic acids is 1. The van der Waals surface area contributed by atoms with Gasteiger partial charge in [0.25, 0.3) is 0 Å². The second kappa shape index (κ2) is 10.8. The maximum atomic E-state index is 13.1. The summed E-state index contributed by atoms with van der Waals surface area (Å²) in [7, 11) is 0. The number of carboxylic acids is 1. The molecule has 0 aliphatic carbocycles. The minimum Gasteiger partial charge on any atom is -0.475 e. The number of ether oxygens (including phenoxy) is 1. The Morgan fingerprint density at radius 1 is 1.33 bits per heavy atom. The largest absolute Gasteiger partial charge is 0.490 e. The Bertz CT molecular complexity index is 1110. The van der Waals surface area contributed by atoms with Crippen molar-refractivity contribution in [1.29, 1.82) is 5.41 Å². The van der Waals surface area contributed by atoms with E-state index in [1.807, 2.05) is 44.2 Å². The number of halogens is 4. The second-order valence-electron chi connectivity index (χ2n) is 8.82. The van der Waals surface area contributed by atoms with Crippen molar-refractivity contribution in [2.45, 2.75) is 57.0 Å². The number of guanidine groups is 1. The summed E-state index contributed by atoms with van der Waals surface area (Å²) in [5.74, 6) is -2.68. The van der Waals surface area contributed by atoms with Gasteiger partial charge in [0.15, 0.2) is 5.96 Å². The molecule has 8 nitrogen and oxygen atoms in total. The Balaban J connectivity index is 0.000000454. The van der Waals surface area contributed by atoms with Crippen molar-refractivity contribution in [3.05, 3.63) is 53.3 Å².